The molecule has 0 unspecified atom stereocenters. The monoisotopic (exact) mass is 334 g/mol. The van der Waals surface area contributed by atoms with E-state index in [1.165, 1.54) is 50.6 Å². The van der Waals surface area contributed by atoms with Gasteiger partial charge < -0.3 is 14.2 Å². The summed E-state index contributed by atoms with van der Waals surface area (Å²) in [5.74, 6) is 0.730. The normalized spacial score (nSPS) is 10.1. The van der Waals surface area contributed by atoms with Gasteiger partial charge in [0.05, 0.1) is 30.1 Å². The van der Waals surface area contributed by atoms with E-state index in [0.717, 1.165) is 0 Å². The summed E-state index contributed by atoms with van der Waals surface area (Å²) >= 11 is 0. The van der Waals surface area contributed by atoms with Crippen LogP contribution in [0.3, 0.4) is 0 Å². The summed E-state index contributed by atoms with van der Waals surface area (Å²) in [6, 6.07) is 8.21. The number of nitrogens with zero attached hydrogens (tertiary/aromatic N) is 2. The van der Waals surface area contributed by atoms with Crippen LogP contribution in [0.5, 0.6) is 17.2 Å². The molecule has 0 bridgehead atoms. The first-order valence-electron chi connectivity index (χ1n) is 6.72. The molecule has 0 aliphatic heterocycles. The first-order chi connectivity index (χ1) is 11.5. The van der Waals surface area contributed by atoms with Crippen LogP contribution in [0.15, 0.2) is 36.4 Å². The Hall–Kier alpha value is -3.36. The Bertz CT molecular complexity index is 776. The molecule has 0 N–H and O–H groups in total. The topological polar surface area (TPSA) is 114 Å². The quantitative estimate of drug-likeness (QED) is 0.564. The summed E-state index contributed by atoms with van der Waals surface area (Å²) in [6.07, 6.45) is 0. The second-order valence-electron chi connectivity index (χ2n) is 4.63. The summed E-state index contributed by atoms with van der Waals surface area (Å²) in [7, 11) is 2.81. The molecule has 2 rings (SSSR count). The van der Waals surface area contributed by atoms with Crippen molar-refractivity contribution in [1.82, 2.24) is 0 Å². The van der Waals surface area contributed by atoms with Crippen molar-refractivity contribution in [1.29, 1.82) is 0 Å². The first kappa shape index (κ1) is 17.0. The van der Waals surface area contributed by atoms with Crippen LogP contribution in [-0.4, -0.2) is 24.1 Å². The molecule has 9 heteroatoms. The van der Waals surface area contributed by atoms with Crippen molar-refractivity contribution in [2.24, 2.45) is 0 Å². The fourth-order valence-electron chi connectivity index (χ4n) is 2.04. The number of benzene rings is 2. The Morgan fingerprint density at radius 2 is 1.62 bits per heavy atom. The second kappa shape index (κ2) is 7.27. The third-order valence-corrected chi connectivity index (χ3v) is 3.22. The number of hydrogen-bond acceptors (Lipinski definition) is 7. The fraction of sp³-hybridized carbons (Fsp3) is 0.200. The van der Waals surface area contributed by atoms with Crippen LogP contribution in [0.25, 0.3) is 0 Å². The Labute approximate surface area is 136 Å². The van der Waals surface area contributed by atoms with E-state index in [1.54, 1.807) is 0 Å². The van der Waals surface area contributed by atoms with Gasteiger partial charge in [-0.3, -0.25) is 20.2 Å². The van der Waals surface area contributed by atoms with Gasteiger partial charge in [0.2, 0.25) is 0 Å². The first-order valence-corrected chi connectivity index (χ1v) is 6.72. The van der Waals surface area contributed by atoms with Gasteiger partial charge in [-0.25, -0.2) is 0 Å². The van der Waals surface area contributed by atoms with Gasteiger partial charge in [0.25, 0.3) is 5.69 Å². The van der Waals surface area contributed by atoms with Crippen LogP contribution >= 0.6 is 0 Å². The van der Waals surface area contributed by atoms with E-state index in [4.69, 9.17) is 14.2 Å². The number of non-ortho nitro benzene ring substituents is 1. The van der Waals surface area contributed by atoms with Crippen LogP contribution in [0.2, 0.25) is 0 Å². The minimum absolute atomic E-state index is 0.0226. The Morgan fingerprint density at radius 3 is 2.21 bits per heavy atom. The molecule has 0 aliphatic carbocycles. The largest absolute Gasteiger partial charge is 0.496 e. The van der Waals surface area contributed by atoms with Crippen molar-refractivity contribution in [3.63, 3.8) is 0 Å². The highest BCUT2D eigenvalue weighted by molar-refractivity contribution is 5.51. The SMILES string of the molecule is COc1ccc(OCc2cc([N+](=O)[O-])ccc2OC)c([N+](=O)[O-])c1. The molecule has 0 radical (unpaired) electrons. The van der Waals surface area contributed by atoms with Crippen molar-refractivity contribution in [2.45, 2.75) is 6.61 Å². The maximum absolute atomic E-state index is 11.1. The number of nitro groups is 2. The van der Waals surface area contributed by atoms with Gasteiger partial charge in [0.15, 0.2) is 5.75 Å². The van der Waals surface area contributed by atoms with E-state index >= 15 is 0 Å². The summed E-state index contributed by atoms with van der Waals surface area (Å²) in [4.78, 5) is 20.8. The molecular formula is C15H14N2O7. The Kier molecular flexibility index (Phi) is 5.15. The van der Waals surface area contributed by atoms with Gasteiger partial charge in [-0.2, -0.15) is 0 Å². The van der Waals surface area contributed by atoms with Crippen molar-refractivity contribution in [2.75, 3.05) is 14.2 Å². The minimum atomic E-state index is -0.595. The van der Waals surface area contributed by atoms with E-state index < -0.39 is 9.85 Å². The third-order valence-electron chi connectivity index (χ3n) is 3.22. The number of ether oxygens (including phenoxy) is 3. The summed E-state index contributed by atoms with van der Waals surface area (Å²) < 4.78 is 15.5. The predicted octanol–water partition coefficient (Wildman–Crippen LogP) is 3.10. The lowest BCUT2D eigenvalue weighted by molar-refractivity contribution is -0.386. The van der Waals surface area contributed by atoms with E-state index in [1.807, 2.05) is 0 Å². The standard InChI is InChI=1S/C15H14N2O7/c1-22-12-4-6-15(13(8-12)17(20)21)24-9-10-7-11(16(18)19)3-5-14(10)23-2/h3-8H,9H2,1-2H3. The molecule has 126 valence electrons. The number of hydrogen-bond donors (Lipinski definition) is 0. The van der Waals surface area contributed by atoms with E-state index in [-0.39, 0.29) is 23.7 Å². The second-order valence-corrected chi connectivity index (χ2v) is 4.63. The lowest BCUT2D eigenvalue weighted by atomic mass is 10.2. The lowest BCUT2D eigenvalue weighted by Crippen LogP contribution is -2.02. The number of methoxy groups -OCH3 is 2. The smallest absolute Gasteiger partial charge is 0.314 e. The van der Waals surface area contributed by atoms with Gasteiger partial charge in [-0.1, -0.05) is 0 Å². The lowest BCUT2D eigenvalue weighted by Gasteiger charge is -2.11. The van der Waals surface area contributed by atoms with Crippen molar-refractivity contribution in [3.05, 3.63) is 62.2 Å². The van der Waals surface area contributed by atoms with Crippen LogP contribution in [-0.2, 0) is 6.61 Å². The summed E-state index contributed by atoms with van der Waals surface area (Å²) in [5, 5.41) is 22.0. The Balaban J connectivity index is 2.29. The molecule has 0 amide bonds. The highest BCUT2D eigenvalue weighted by atomic mass is 16.6. The highest BCUT2D eigenvalue weighted by Gasteiger charge is 2.18. The summed E-state index contributed by atoms with van der Waals surface area (Å²) in [6.45, 7) is -0.127. The third kappa shape index (κ3) is 3.69. The van der Waals surface area contributed by atoms with Gasteiger partial charge in [-0.05, 0) is 18.2 Å². The van der Waals surface area contributed by atoms with E-state index in [2.05, 4.69) is 0 Å². The highest BCUT2D eigenvalue weighted by Crippen LogP contribution is 2.33. The molecule has 0 aromatic heterocycles. The molecule has 24 heavy (non-hydrogen) atoms. The van der Waals surface area contributed by atoms with Crippen LogP contribution < -0.4 is 14.2 Å². The zero-order valence-electron chi connectivity index (χ0n) is 12.9. The maximum Gasteiger partial charge on any atom is 0.314 e. The maximum atomic E-state index is 11.1. The van der Waals surface area contributed by atoms with Crippen LogP contribution in [0.4, 0.5) is 11.4 Å². The van der Waals surface area contributed by atoms with Gasteiger partial charge >= 0.3 is 5.69 Å². The van der Waals surface area contributed by atoms with Gasteiger partial charge in [0, 0.05) is 17.7 Å². The molecule has 2 aromatic rings. The number of nitro benzene ring substituents is 2. The average molecular weight is 334 g/mol. The Morgan fingerprint density at radius 1 is 0.917 bits per heavy atom. The molecule has 2 aromatic carbocycles. The average Bonchev–Trinajstić information content (AvgIpc) is 2.59. The fourth-order valence-corrected chi connectivity index (χ4v) is 2.04. The zero-order chi connectivity index (χ0) is 17.7. The van der Waals surface area contributed by atoms with Crippen LogP contribution in [0.1, 0.15) is 5.56 Å². The predicted molar refractivity (Wildman–Crippen MR) is 83.6 cm³/mol. The molecule has 9 nitrogen and oxygen atoms in total. The van der Waals surface area contributed by atoms with Crippen LogP contribution in [0, 0.1) is 20.2 Å². The molecule has 0 fully saturated rings. The van der Waals surface area contributed by atoms with Crippen molar-refractivity contribution < 1.29 is 24.1 Å². The molecule has 0 atom stereocenters. The molecule has 0 heterocycles. The van der Waals surface area contributed by atoms with Gasteiger partial charge in [-0.15, -0.1) is 0 Å². The van der Waals surface area contributed by atoms with E-state index in [0.29, 0.717) is 17.1 Å². The van der Waals surface area contributed by atoms with Gasteiger partial charge in [0.1, 0.15) is 18.1 Å². The molecule has 0 saturated carbocycles. The molecule has 0 saturated heterocycles. The molecular weight excluding hydrogens is 320 g/mol. The summed E-state index contributed by atoms with van der Waals surface area (Å²) in [5.41, 5.74) is 0.00851. The van der Waals surface area contributed by atoms with Crippen molar-refractivity contribution in [3.8, 4) is 17.2 Å². The van der Waals surface area contributed by atoms with E-state index in [9.17, 15) is 20.2 Å². The number of rotatable bonds is 7. The zero-order valence-corrected chi connectivity index (χ0v) is 12.9. The minimum Gasteiger partial charge on any atom is -0.496 e. The molecule has 0 aliphatic rings. The van der Waals surface area contributed by atoms with Crippen molar-refractivity contribution >= 4 is 11.4 Å². The molecule has 0 spiro atoms.